The molecule has 0 aliphatic rings. The average molecular weight is 632 g/mol. The Morgan fingerprint density at radius 1 is 0.844 bits per heavy atom. The van der Waals surface area contributed by atoms with Crippen LogP contribution in [0.15, 0.2) is 63.8 Å². The van der Waals surface area contributed by atoms with E-state index in [4.69, 9.17) is 33.0 Å². The number of esters is 3. The summed E-state index contributed by atoms with van der Waals surface area (Å²) in [6, 6.07) is 11.6. The highest BCUT2D eigenvalue weighted by Crippen LogP contribution is 2.35. The van der Waals surface area contributed by atoms with Crippen molar-refractivity contribution in [3.63, 3.8) is 0 Å². The van der Waals surface area contributed by atoms with Crippen molar-refractivity contribution < 1.29 is 42.2 Å². The molecule has 0 radical (unpaired) electrons. The van der Waals surface area contributed by atoms with E-state index in [1.165, 1.54) is 24.7 Å². The third-order valence-corrected chi connectivity index (χ3v) is 7.83. The number of hydrogen-bond acceptors (Lipinski definition) is 12. The smallest absolute Gasteiger partial charge is 0.348 e. The van der Waals surface area contributed by atoms with Crippen molar-refractivity contribution in [3.05, 3.63) is 76.6 Å². The fourth-order valence-corrected chi connectivity index (χ4v) is 5.60. The number of benzene rings is 1. The highest BCUT2D eigenvalue weighted by molar-refractivity contribution is 7.18. The molecule has 0 bridgehead atoms. The lowest BCUT2D eigenvalue weighted by Gasteiger charge is -2.16. The van der Waals surface area contributed by atoms with Gasteiger partial charge in [-0.25, -0.2) is 24.4 Å². The van der Waals surface area contributed by atoms with Gasteiger partial charge >= 0.3 is 17.9 Å². The summed E-state index contributed by atoms with van der Waals surface area (Å²) in [5, 5.41) is 2.73. The number of nitrogens with one attached hydrogen (secondary N) is 1. The van der Waals surface area contributed by atoms with Gasteiger partial charge in [-0.15, -0.1) is 11.3 Å². The van der Waals surface area contributed by atoms with Crippen LogP contribution in [0.2, 0.25) is 0 Å². The van der Waals surface area contributed by atoms with Crippen LogP contribution in [-0.2, 0) is 19.0 Å². The molecule has 232 valence electrons. The van der Waals surface area contributed by atoms with E-state index >= 15 is 0 Å². The fraction of sp³-hybridized carbons (Fsp3) is 0.250. The van der Waals surface area contributed by atoms with Crippen LogP contribution in [0.25, 0.3) is 33.9 Å². The normalized spacial score (nSPS) is 11.6. The van der Waals surface area contributed by atoms with E-state index in [2.05, 4.69) is 5.32 Å². The van der Waals surface area contributed by atoms with Crippen LogP contribution in [0.1, 0.15) is 63.1 Å². The molecule has 4 heterocycles. The zero-order valence-corrected chi connectivity index (χ0v) is 25.7. The van der Waals surface area contributed by atoms with Gasteiger partial charge in [-0.1, -0.05) is 6.92 Å². The lowest BCUT2D eigenvalue weighted by molar-refractivity contribution is -0.124. The van der Waals surface area contributed by atoms with Gasteiger partial charge in [0.1, 0.15) is 21.3 Å². The van der Waals surface area contributed by atoms with Gasteiger partial charge in [-0.05, 0) is 75.2 Å². The monoisotopic (exact) mass is 631 g/mol. The first-order valence-electron chi connectivity index (χ1n) is 14.1. The first-order chi connectivity index (χ1) is 21.7. The summed E-state index contributed by atoms with van der Waals surface area (Å²) in [5.41, 5.74) is 2.27. The van der Waals surface area contributed by atoms with E-state index in [1.807, 2.05) is 0 Å². The van der Waals surface area contributed by atoms with Crippen molar-refractivity contribution in [2.75, 3.05) is 18.5 Å². The Bertz CT molecular complexity index is 1860. The quantitative estimate of drug-likeness (QED) is 0.126. The molecule has 1 amide bonds. The summed E-state index contributed by atoms with van der Waals surface area (Å²) in [4.78, 5) is 61.3. The van der Waals surface area contributed by atoms with E-state index in [0.717, 1.165) is 11.3 Å². The Kier molecular flexibility index (Phi) is 9.38. The van der Waals surface area contributed by atoms with Gasteiger partial charge in [0.25, 0.3) is 5.91 Å². The summed E-state index contributed by atoms with van der Waals surface area (Å²) in [6.07, 6.45) is 1.96. The molecule has 1 unspecified atom stereocenters. The van der Waals surface area contributed by atoms with Gasteiger partial charge in [-0.3, -0.25) is 4.79 Å². The molecule has 1 aromatic carbocycles. The Balaban J connectivity index is 1.40. The highest BCUT2D eigenvalue weighted by Gasteiger charge is 2.30. The second kappa shape index (κ2) is 13.6. The molecule has 1 N–H and O–H groups in total. The van der Waals surface area contributed by atoms with Crippen LogP contribution in [0.5, 0.6) is 0 Å². The van der Waals surface area contributed by atoms with Crippen molar-refractivity contribution in [2.45, 2.75) is 40.2 Å². The molecule has 4 aromatic heterocycles. The minimum Gasteiger partial charge on any atom is -0.463 e. The van der Waals surface area contributed by atoms with Crippen molar-refractivity contribution >= 4 is 51.2 Å². The van der Waals surface area contributed by atoms with Gasteiger partial charge in [-0.2, -0.15) is 0 Å². The maximum atomic E-state index is 13.3. The lowest BCUT2D eigenvalue weighted by atomic mass is 10.1. The number of carbonyl (C=O) groups is 4. The fourth-order valence-electron chi connectivity index (χ4n) is 4.51. The molecule has 0 saturated carbocycles. The summed E-state index contributed by atoms with van der Waals surface area (Å²) < 4.78 is 26.9. The number of aromatic nitrogens is 2. The minimum absolute atomic E-state index is 0.0359. The molecule has 5 rings (SSSR count). The number of nitrogens with zero attached hydrogens (tertiary/aromatic N) is 2. The lowest BCUT2D eigenvalue weighted by Crippen LogP contribution is -2.32. The maximum Gasteiger partial charge on any atom is 0.348 e. The topological polar surface area (TPSA) is 160 Å². The molecule has 0 saturated heterocycles. The molecule has 45 heavy (non-hydrogen) atoms. The summed E-state index contributed by atoms with van der Waals surface area (Å²) >= 11 is 0.884. The number of ether oxygens (including phenoxy) is 3. The minimum atomic E-state index is -1.22. The van der Waals surface area contributed by atoms with Crippen molar-refractivity contribution in [1.29, 1.82) is 0 Å². The van der Waals surface area contributed by atoms with Crippen molar-refractivity contribution in [3.8, 4) is 22.9 Å². The summed E-state index contributed by atoms with van der Waals surface area (Å²) in [6.45, 7) is 6.77. The maximum absolute atomic E-state index is 13.3. The number of carbonyl (C=O) groups excluding carboxylic acids is 4. The van der Waals surface area contributed by atoms with Crippen molar-refractivity contribution in [1.82, 2.24) is 9.97 Å². The first kappa shape index (κ1) is 31.1. The highest BCUT2D eigenvalue weighted by atomic mass is 32.1. The van der Waals surface area contributed by atoms with Crippen molar-refractivity contribution in [2.24, 2.45) is 0 Å². The van der Waals surface area contributed by atoms with Crippen LogP contribution >= 0.6 is 11.3 Å². The second-order valence-corrected chi connectivity index (χ2v) is 10.6. The van der Waals surface area contributed by atoms with E-state index in [-0.39, 0.29) is 40.6 Å². The zero-order valence-electron chi connectivity index (χ0n) is 24.9. The molecule has 1 atom stereocenters. The van der Waals surface area contributed by atoms with Gasteiger partial charge < -0.3 is 28.4 Å². The standard InChI is InChI=1S/C32H29N3O9S/c1-5-21(28(36)35-29-24(31(38)40-6-2)17(4)27(45-29)32(39)41-7-3)44-30(37)18-12-13-19-20(16-18)34-26(23-11-9-15-43-23)25(33-19)22-10-8-14-42-22/h8-16,21H,5-7H2,1-4H3,(H,35,36). The van der Waals surface area contributed by atoms with Crippen LogP contribution in [0.3, 0.4) is 0 Å². The predicted molar refractivity (Wildman–Crippen MR) is 164 cm³/mol. The second-order valence-electron chi connectivity index (χ2n) is 9.57. The van der Waals surface area contributed by atoms with E-state index in [0.29, 0.717) is 39.5 Å². The Morgan fingerprint density at radius 2 is 1.47 bits per heavy atom. The van der Waals surface area contributed by atoms with Crippen LogP contribution in [0, 0.1) is 6.92 Å². The molecule has 0 fully saturated rings. The average Bonchev–Trinajstić information content (AvgIpc) is 3.81. The molecule has 12 nitrogen and oxygen atoms in total. The van der Waals surface area contributed by atoms with Gasteiger partial charge in [0.15, 0.2) is 17.6 Å². The van der Waals surface area contributed by atoms with Crippen LogP contribution in [-0.4, -0.2) is 53.1 Å². The summed E-state index contributed by atoms with van der Waals surface area (Å²) in [7, 11) is 0. The number of thiophene rings is 1. The van der Waals surface area contributed by atoms with Gasteiger partial charge in [0, 0.05) is 0 Å². The Hall–Kier alpha value is -5.30. The molecule has 0 aliphatic heterocycles. The third-order valence-electron chi connectivity index (χ3n) is 6.65. The largest absolute Gasteiger partial charge is 0.463 e. The molecule has 0 spiro atoms. The van der Waals surface area contributed by atoms with Crippen LogP contribution < -0.4 is 5.32 Å². The molecule has 0 aliphatic carbocycles. The SMILES string of the molecule is CCOC(=O)c1sc(NC(=O)C(CC)OC(=O)c2ccc3nc(-c4ccco4)c(-c4ccco4)nc3c2)c(C(=O)OCC)c1C. The molecule has 13 heteroatoms. The first-order valence-corrected chi connectivity index (χ1v) is 15.0. The Labute approximate surface area is 261 Å². The molecular formula is C32H29N3O9S. The molecular weight excluding hydrogens is 602 g/mol. The number of fused-ring (bicyclic) bond motifs is 1. The van der Waals surface area contributed by atoms with Gasteiger partial charge in [0.2, 0.25) is 0 Å². The number of furan rings is 2. The van der Waals surface area contributed by atoms with Crippen LogP contribution in [0.4, 0.5) is 5.00 Å². The van der Waals surface area contributed by atoms with E-state index < -0.39 is 29.9 Å². The predicted octanol–water partition coefficient (Wildman–Crippen LogP) is 6.45. The van der Waals surface area contributed by atoms with E-state index in [9.17, 15) is 19.2 Å². The number of rotatable bonds is 11. The third kappa shape index (κ3) is 6.48. The number of hydrogen-bond donors (Lipinski definition) is 1. The zero-order chi connectivity index (χ0) is 32.1. The van der Waals surface area contributed by atoms with E-state index in [1.54, 1.807) is 58.0 Å². The summed E-state index contributed by atoms with van der Waals surface area (Å²) in [5.74, 6) is -1.83. The molecule has 5 aromatic rings. The van der Waals surface area contributed by atoms with Gasteiger partial charge in [0.05, 0.1) is 47.9 Å². The Morgan fingerprint density at radius 3 is 2.04 bits per heavy atom. The number of anilines is 1. The number of amides is 1.